The van der Waals surface area contributed by atoms with Crippen molar-refractivity contribution in [1.82, 2.24) is 10.2 Å². The van der Waals surface area contributed by atoms with Crippen LogP contribution in [0.1, 0.15) is 25.8 Å². The summed E-state index contributed by atoms with van der Waals surface area (Å²) in [6, 6.07) is 6.56. The molecule has 0 spiro atoms. The summed E-state index contributed by atoms with van der Waals surface area (Å²) in [5.41, 5.74) is 1.29. The molecule has 1 fully saturated rings. The number of rotatable bonds is 3. The van der Waals surface area contributed by atoms with Crippen molar-refractivity contribution in [3.8, 4) is 0 Å². The Morgan fingerprint density at radius 2 is 2.00 bits per heavy atom. The van der Waals surface area contributed by atoms with Gasteiger partial charge in [0.05, 0.1) is 4.90 Å². The van der Waals surface area contributed by atoms with E-state index >= 15 is 0 Å². The highest BCUT2D eigenvalue weighted by Gasteiger charge is 2.30. The predicted molar refractivity (Wildman–Crippen MR) is 88.0 cm³/mol. The fourth-order valence-corrected chi connectivity index (χ4v) is 3.12. The van der Waals surface area contributed by atoms with E-state index in [1.807, 2.05) is 0 Å². The van der Waals surface area contributed by atoms with E-state index in [0.29, 0.717) is 12.0 Å². The number of guanidine groups is 1. The largest absolute Gasteiger partial charge is 0.352 e. The molecule has 0 aliphatic carbocycles. The van der Waals surface area contributed by atoms with E-state index in [0.717, 1.165) is 31.0 Å². The normalized spacial score (nSPS) is 18.5. The van der Waals surface area contributed by atoms with Crippen LogP contribution in [0.3, 0.4) is 0 Å². The summed E-state index contributed by atoms with van der Waals surface area (Å²) < 4.78 is 22.5. The monoisotopic (exact) mass is 324 g/mol. The molecule has 0 atom stereocenters. The number of hydrogen-bond acceptors (Lipinski definition) is 3. The summed E-state index contributed by atoms with van der Waals surface area (Å²) in [7, 11) is -1.86. The van der Waals surface area contributed by atoms with E-state index in [2.05, 4.69) is 29.1 Å². The van der Waals surface area contributed by atoms with Gasteiger partial charge in [-0.05, 0) is 29.5 Å². The second kappa shape index (κ2) is 6.26. The topological polar surface area (TPSA) is 87.8 Å². The SMILES string of the molecule is CN=C(NCc1ccc(S(N)(=O)=O)cc1)N1CCC(C)(C)C1. The summed E-state index contributed by atoms with van der Waals surface area (Å²) in [6.45, 7) is 7.08. The third kappa shape index (κ3) is 4.20. The summed E-state index contributed by atoms with van der Waals surface area (Å²) in [6.07, 6.45) is 1.15. The number of hydrogen-bond donors (Lipinski definition) is 2. The molecule has 0 amide bonds. The highest BCUT2D eigenvalue weighted by atomic mass is 32.2. The third-order valence-electron chi connectivity index (χ3n) is 3.89. The van der Waals surface area contributed by atoms with Gasteiger partial charge >= 0.3 is 0 Å². The zero-order valence-corrected chi connectivity index (χ0v) is 14.2. The highest BCUT2D eigenvalue weighted by molar-refractivity contribution is 7.89. The molecule has 1 heterocycles. The van der Waals surface area contributed by atoms with Gasteiger partial charge in [-0.3, -0.25) is 4.99 Å². The minimum Gasteiger partial charge on any atom is -0.352 e. The Balaban J connectivity index is 1.97. The Hall–Kier alpha value is -1.60. The van der Waals surface area contributed by atoms with Crippen LogP contribution < -0.4 is 10.5 Å². The molecule has 0 aromatic heterocycles. The fraction of sp³-hybridized carbons (Fsp3) is 0.533. The number of aliphatic imine (C=N–C) groups is 1. The minimum atomic E-state index is -3.63. The van der Waals surface area contributed by atoms with Crippen molar-refractivity contribution < 1.29 is 8.42 Å². The lowest BCUT2D eigenvalue weighted by molar-refractivity contribution is 0.370. The van der Waals surface area contributed by atoms with Crippen LogP contribution in [-0.2, 0) is 16.6 Å². The number of benzene rings is 1. The highest BCUT2D eigenvalue weighted by Crippen LogP contribution is 2.28. The van der Waals surface area contributed by atoms with Gasteiger partial charge in [0.25, 0.3) is 0 Å². The molecule has 1 aliphatic rings. The van der Waals surface area contributed by atoms with Crippen LogP contribution >= 0.6 is 0 Å². The predicted octanol–water partition coefficient (Wildman–Crippen LogP) is 1.14. The summed E-state index contributed by atoms with van der Waals surface area (Å²) in [5, 5.41) is 8.41. The molecule has 1 saturated heterocycles. The Labute approximate surface area is 132 Å². The Bertz CT molecular complexity index is 651. The second-order valence-corrected chi connectivity index (χ2v) is 7.99. The molecule has 0 radical (unpaired) electrons. The quantitative estimate of drug-likeness (QED) is 0.645. The third-order valence-corrected chi connectivity index (χ3v) is 4.82. The van der Waals surface area contributed by atoms with E-state index < -0.39 is 10.0 Å². The van der Waals surface area contributed by atoms with E-state index in [4.69, 9.17) is 5.14 Å². The lowest BCUT2D eigenvalue weighted by Crippen LogP contribution is -2.40. The maximum absolute atomic E-state index is 11.2. The van der Waals surface area contributed by atoms with Gasteiger partial charge in [0.1, 0.15) is 0 Å². The average Bonchev–Trinajstić information content (AvgIpc) is 2.79. The molecule has 0 unspecified atom stereocenters. The molecule has 22 heavy (non-hydrogen) atoms. The number of nitrogens with two attached hydrogens (primary N) is 1. The summed E-state index contributed by atoms with van der Waals surface area (Å²) >= 11 is 0. The molecule has 0 saturated carbocycles. The van der Waals surface area contributed by atoms with Crippen molar-refractivity contribution in [3.05, 3.63) is 29.8 Å². The van der Waals surface area contributed by atoms with Gasteiger partial charge in [-0.15, -0.1) is 0 Å². The molecule has 1 aromatic carbocycles. The maximum Gasteiger partial charge on any atom is 0.238 e. The van der Waals surface area contributed by atoms with Gasteiger partial charge in [0, 0.05) is 26.7 Å². The Morgan fingerprint density at radius 1 is 1.36 bits per heavy atom. The van der Waals surface area contributed by atoms with Crippen LogP contribution in [-0.4, -0.2) is 39.4 Å². The molecular weight excluding hydrogens is 300 g/mol. The zero-order valence-electron chi connectivity index (χ0n) is 13.3. The minimum absolute atomic E-state index is 0.127. The van der Waals surface area contributed by atoms with E-state index in [-0.39, 0.29) is 4.90 Å². The van der Waals surface area contributed by atoms with Crippen molar-refractivity contribution in [3.63, 3.8) is 0 Å². The fourth-order valence-electron chi connectivity index (χ4n) is 2.60. The van der Waals surface area contributed by atoms with Gasteiger partial charge in [0.15, 0.2) is 5.96 Å². The van der Waals surface area contributed by atoms with Gasteiger partial charge in [-0.25, -0.2) is 13.6 Å². The molecular formula is C15H24N4O2S. The van der Waals surface area contributed by atoms with E-state index in [1.165, 1.54) is 12.1 Å². The molecule has 1 aromatic rings. The molecule has 122 valence electrons. The standard InChI is InChI=1S/C15H24N4O2S/c1-15(2)8-9-19(11-15)14(17-3)18-10-12-4-6-13(7-5-12)22(16,20)21/h4-7H,8-11H2,1-3H3,(H,17,18)(H2,16,20,21). The van der Waals surface area contributed by atoms with E-state index in [1.54, 1.807) is 19.2 Å². The van der Waals surface area contributed by atoms with Gasteiger partial charge < -0.3 is 10.2 Å². The van der Waals surface area contributed by atoms with Gasteiger partial charge in [-0.1, -0.05) is 26.0 Å². The maximum atomic E-state index is 11.2. The smallest absolute Gasteiger partial charge is 0.238 e. The van der Waals surface area contributed by atoms with Crippen molar-refractivity contribution in [2.75, 3.05) is 20.1 Å². The zero-order chi connectivity index (χ0) is 16.4. The first-order valence-electron chi connectivity index (χ1n) is 7.29. The van der Waals surface area contributed by atoms with Crippen LogP contribution in [0, 0.1) is 5.41 Å². The first-order chi connectivity index (χ1) is 10.2. The van der Waals surface area contributed by atoms with Crippen molar-refractivity contribution in [2.24, 2.45) is 15.5 Å². The van der Waals surface area contributed by atoms with Crippen LogP contribution in [0.5, 0.6) is 0 Å². The van der Waals surface area contributed by atoms with Crippen LogP contribution in [0.25, 0.3) is 0 Å². The summed E-state index contributed by atoms with van der Waals surface area (Å²) in [4.78, 5) is 6.70. The Morgan fingerprint density at radius 3 is 2.45 bits per heavy atom. The second-order valence-electron chi connectivity index (χ2n) is 6.43. The first kappa shape index (κ1) is 16.8. The molecule has 7 heteroatoms. The molecule has 2 rings (SSSR count). The first-order valence-corrected chi connectivity index (χ1v) is 8.83. The molecule has 3 N–H and O–H groups in total. The van der Waals surface area contributed by atoms with Crippen molar-refractivity contribution in [2.45, 2.75) is 31.7 Å². The Kier molecular flexibility index (Phi) is 4.77. The number of nitrogens with zero attached hydrogens (tertiary/aromatic N) is 2. The van der Waals surface area contributed by atoms with E-state index in [9.17, 15) is 8.42 Å². The summed E-state index contributed by atoms with van der Waals surface area (Å²) in [5.74, 6) is 0.876. The van der Waals surface area contributed by atoms with Crippen LogP contribution in [0.15, 0.2) is 34.2 Å². The lowest BCUT2D eigenvalue weighted by Gasteiger charge is -2.23. The van der Waals surface area contributed by atoms with Crippen LogP contribution in [0.2, 0.25) is 0 Å². The van der Waals surface area contributed by atoms with Crippen molar-refractivity contribution in [1.29, 1.82) is 0 Å². The average molecular weight is 324 g/mol. The van der Waals surface area contributed by atoms with Crippen LogP contribution in [0.4, 0.5) is 0 Å². The molecule has 1 aliphatic heterocycles. The number of likely N-dealkylation sites (tertiary alicyclic amines) is 1. The van der Waals surface area contributed by atoms with Gasteiger partial charge in [-0.2, -0.15) is 0 Å². The number of primary sulfonamides is 1. The number of nitrogens with one attached hydrogen (secondary N) is 1. The van der Waals surface area contributed by atoms with Crippen molar-refractivity contribution >= 4 is 16.0 Å². The molecule has 6 nitrogen and oxygen atoms in total. The van der Waals surface area contributed by atoms with Gasteiger partial charge in [0.2, 0.25) is 10.0 Å². The molecule has 0 bridgehead atoms. The number of sulfonamides is 1. The lowest BCUT2D eigenvalue weighted by atomic mass is 9.93.